The summed E-state index contributed by atoms with van der Waals surface area (Å²) in [6.07, 6.45) is 0. The molecule has 0 aliphatic heterocycles. The molecule has 0 amide bonds. The van der Waals surface area contributed by atoms with Crippen LogP contribution in [-0.2, 0) is 0 Å². The van der Waals surface area contributed by atoms with Crippen LogP contribution in [-0.4, -0.2) is 23.4 Å². The summed E-state index contributed by atoms with van der Waals surface area (Å²) in [5.74, 6) is 0. The van der Waals surface area contributed by atoms with Crippen molar-refractivity contribution in [2.45, 2.75) is 13.8 Å². The van der Waals surface area contributed by atoms with Gasteiger partial charge >= 0.3 is 0 Å². The molecule has 2 N–H and O–H groups in total. The molecule has 0 aliphatic carbocycles. The summed E-state index contributed by atoms with van der Waals surface area (Å²) < 4.78 is 0. The van der Waals surface area contributed by atoms with E-state index in [0.29, 0.717) is 0 Å². The first-order valence-corrected chi connectivity index (χ1v) is 2.59. The average molecular weight is 116 g/mol. The smallest absolute Gasteiger partial charge is 0.0642 e. The zero-order valence-corrected chi connectivity index (χ0v) is 5.31. The SMILES string of the molecule is C/C(CO)=C(/C)CO. The molecular weight excluding hydrogens is 104 g/mol. The van der Waals surface area contributed by atoms with Crippen LogP contribution in [0.5, 0.6) is 0 Å². The van der Waals surface area contributed by atoms with E-state index in [-0.39, 0.29) is 13.2 Å². The third-order valence-electron chi connectivity index (χ3n) is 1.20. The van der Waals surface area contributed by atoms with Gasteiger partial charge in [-0.05, 0) is 25.0 Å². The van der Waals surface area contributed by atoms with E-state index in [4.69, 9.17) is 10.2 Å². The van der Waals surface area contributed by atoms with E-state index in [9.17, 15) is 0 Å². The van der Waals surface area contributed by atoms with Crippen LogP contribution >= 0.6 is 0 Å². The van der Waals surface area contributed by atoms with Crippen molar-refractivity contribution in [2.75, 3.05) is 13.2 Å². The van der Waals surface area contributed by atoms with Crippen LogP contribution in [0.3, 0.4) is 0 Å². The van der Waals surface area contributed by atoms with Gasteiger partial charge in [0.1, 0.15) is 0 Å². The molecule has 0 aromatic heterocycles. The van der Waals surface area contributed by atoms with Crippen molar-refractivity contribution in [1.82, 2.24) is 0 Å². The number of rotatable bonds is 2. The van der Waals surface area contributed by atoms with Crippen LogP contribution in [0, 0.1) is 0 Å². The van der Waals surface area contributed by atoms with Crippen LogP contribution in [0.2, 0.25) is 0 Å². The zero-order chi connectivity index (χ0) is 6.57. The largest absolute Gasteiger partial charge is 0.392 e. The average Bonchev–Trinajstić information content (AvgIpc) is 1.84. The quantitative estimate of drug-likeness (QED) is 0.510. The van der Waals surface area contributed by atoms with Gasteiger partial charge < -0.3 is 10.2 Å². The third-order valence-corrected chi connectivity index (χ3v) is 1.20. The molecule has 0 fully saturated rings. The highest BCUT2D eigenvalue weighted by atomic mass is 16.3. The van der Waals surface area contributed by atoms with E-state index in [1.54, 1.807) is 13.8 Å². The van der Waals surface area contributed by atoms with Crippen molar-refractivity contribution in [3.63, 3.8) is 0 Å². The zero-order valence-electron chi connectivity index (χ0n) is 5.31. The summed E-state index contributed by atoms with van der Waals surface area (Å²) >= 11 is 0. The minimum atomic E-state index is 0.0480. The summed E-state index contributed by atoms with van der Waals surface area (Å²) in [6, 6.07) is 0. The van der Waals surface area contributed by atoms with E-state index in [0.717, 1.165) is 11.1 Å². The molecule has 0 atom stereocenters. The Bertz CT molecular complexity index is 82.7. The van der Waals surface area contributed by atoms with Crippen LogP contribution < -0.4 is 0 Å². The van der Waals surface area contributed by atoms with Gasteiger partial charge in [0.15, 0.2) is 0 Å². The fourth-order valence-electron chi connectivity index (χ4n) is 0.270. The summed E-state index contributed by atoms with van der Waals surface area (Å²) in [5, 5.41) is 16.9. The van der Waals surface area contributed by atoms with Gasteiger partial charge in [-0.2, -0.15) is 0 Å². The van der Waals surface area contributed by atoms with Crippen molar-refractivity contribution in [3.05, 3.63) is 11.1 Å². The van der Waals surface area contributed by atoms with Crippen molar-refractivity contribution < 1.29 is 10.2 Å². The van der Waals surface area contributed by atoms with Gasteiger partial charge in [-0.25, -0.2) is 0 Å². The van der Waals surface area contributed by atoms with Gasteiger partial charge in [-0.3, -0.25) is 0 Å². The molecule has 0 unspecified atom stereocenters. The van der Waals surface area contributed by atoms with Gasteiger partial charge in [0.25, 0.3) is 0 Å². The molecular formula is C6H12O2. The molecule has 0 rings (SSSR count). The van der Waals surface area contributed by atoms with Gasteiger partial charge in [0.2, 0.25) is 0 Å². The molecule has 0 aliphatic rings. The lowest BCUT2D eigenvalue weighted by atomic mass is 10.2. The summed E-state index contributed by atoms with van der Waals surface area (Å²) in [5.41, 5.74) is 1.71. The van der Waals surface area contributed by atoms with E-state index >= 15 is 0 Å². The van der Waals surface area contributed by atoms with E-state index in [1.807, 2.05) is 0 Å². The Kier molecular flexibility index (Phi) is 3.48. The summed E-state index contributed by atoms with van der Waals surface area (Å²) in [7, 11) is 0. The predicted octanol–water partition coefficient (Wildman–Crippen LogP) is 0.307. The Morgan fingerprint density at radius 2 is 1.25 bits per heavy atom. The maximum Gasteiger partial charge on any atom is 0.0642 e. The van der Waals surface area contributed by atoms with Crippen LogP contribution in [0.15, 0.2) is 11.1 Å². The highest BCUT2D eigenvalue weighted by Gasteiger charge is 1.90. The third kappa shape index (κ3) is 2.09. The number of aliphatic hydroxyl groups excluding tert-OH is 2. The predicted molar refractivity (Wildman–Crippen MR) is 32.5 cm³/mol. The monoisotopic (exact) mass is 116 g/mol. The first-order chi connectivity index (χ1) is 3.72. The number of hydrogen-bond donors (Lipinski definition) is 2. The Balaban J connectivity index is 3.83. The van der Waals surface area contributed by atoms with E-state index < -0.39 is 0 Å². The van der Waals surface area contributed by atoms with E-state index in [2.05, 4.69) is 0 Å². The second-order valence-electron chi connectivity index (χ2n) is 1.88. The van der Waals surface area contributed by atoms with Gasteiger partial charge in [0.05, 0.1) is 13.2 Å². The molecule has 0 bridgehead atoms. The molecule has 8 heavy (non-hydrogen) atoms. The van der Waals surface area contributed by atoms with Gasteiger partial charge in [0, 0.05) is 0 Å². The molecule has 0 spiro atoms. The maximum atomic E-state index is 8.47. The molecule has 0 aromatic rings. The fourth-order valence-corrected chi connectivity index (χ4v) is 0.270. The summed E-state index contributed by atoms with van der Waals surface area (Å²) in [4.78, 5) is 0. The minimum absolute atomic E-state index is 0.0480. The number of hydrogen-bond acceptors (Lipinski definition) is 2. The Morgan fingerprint density at radius 1 is 1.00 bits per heavy atom. The molecule has 2 heteroatoms. The maximum absolute atomic E-state index is 8.47. The molecule has 0 heterocycles. The number of aliphatic hydroxyl groups is 2. The Labute approximate surface area is 49.5 Å². The molecule has 0 saturated heterocycles. The van der Waals surface area contributed by atoms with E-state index in [1.165, 1.54) is 0 Å². The van der Waals surface area contributed by atoms with Crippen LogP contribution in [0.25, 0.3) is 0 Å². The van der Waals surface area contributed by atoms with Crippen LogP contribution in [0.4, 0.5) is 0 Å². The highest BCUT2D eigenvalue weighted by Crippen LogP contribution is 1.98. The minimum Gasteiger partial charge on any atom is -0.392 e. The Morgan fingerprint density at radius 3 is 1.38 bits per heavy atom. The van der Waals surface area contributed by atoms with Crippen molar-refractivity contribution >= 4 is 0 Å². The first kappa shape index (κ1) is 7.66. The molecule has 2 nitrogen and oxygen atoms in total. The fraction of sp³-hybridized carbons (Fsp3) is 0.667. The second kappa shape index (κ2) is 3.64. The lowest BCUT2D eigenvalue weighted by Crippen LogP contribution is -1.93. The normalized spacial score (nSPS) is 13.5. The second-order valence-corrected chi connectivity index (χ2v) is 1.88. The molecule has 0 saturated carbocycles. The van der Waals surface area contributed by atoms with Gasteiger partial charge in [-0.1, -0.05) is 0 Å². The standard InChI is InChI=1S/C6H12O2/c1-5(3-7)6(2)4-8/h7-8H,3-4H2,1-2H3/b6-5+. The highest BCUT2D eigenvalue weighted by molar-refractivity contribution is 5.09. The topological polar surface area (TPSA) is 40.5 Å². The lowest BCUT2D eigenvalue weighted by Gasteiger charge is -1.98. The van der Waals surface area contributed by atoms with Crippen molar-refractivity contribution in [2.24, 2.45) is 0 Å². The molecule has 0 aromatic carbocycles. The Hall–Kier alpha value is -0.340. The van der Waals surface area contributed by atoms with Gasteiger partial charge in [-0.15, -0.1) is 0 Å². The van der Waals surface area contributed by atoms with Crippen molar-refractivity contribution in [1.29, 1.82) is 0 Å². The summed E-state index contributed by atoms with van der Waals surface area (Å²) in [6.45, 7) is 3.69. The molecule has 0 radical (unpaired) electrons. The van der Waals surface area contributed by atoms with Crippen LogP contribution in [0.1, 0.15) is 13.8 Å². The first-order valence-electron chi connectivity index (χ1n) is 2.59. The van der Waals surface area contributed by atoms with Crippen molar-refractivity contribution in [3.8, 4) is 0 Å². The molecule has 48 valence electrons. The lowest BCUT2D eigenvalue weighted by molar-refractivity contribution is 0.311.